The van der Waals surface area contributed by atoms with E-state index in [2.05, 4.69) is 15.5 Å². The zero-order valence-electron chi connectivity index (χ0n) is 11.7. The van der Waals surface area contributed by atoms with Gasteiger partial charge in [-0.25, -0.2) is 10.4 Å². The number of hydrogen-bond acceptors (Lipinski definition) is 4. The summed E-state index contributed by atoms with van der Waals surface area (Å²) in [4.78, 5) is 16.1. The van der Waals surface area contributed by atoms with Crippen LogP contribution in [0.25, 0.3) is 11.0 Å². The van der Waals surface area contributed by atoms with Crippen molar-refractivity contribution in [1.82, 2.24) is 15.0 Å². The Labute approximate surface area is 126 Å². The number of nitrogens with zero attached hydrogens (tertiary/aromatic N) is 3. The van der Waals surface area contributed by atoms with Crippen molar-refractivity contribution in [3.8, 4) is 5.75 Å². The average molecular weight is 294 g/mol. The Morgan fingerprint density at radius 1 is 1.23 bits per heavy atom. The predicted octanol–water partition coefficient (Wildman–Crippen LogP) is 1.89. The van der Waals surface area contributed by atoms with Crippen LogP contribution in [0, 0.1) is 0 Å². The minimum atomic E-state index is -0.238. The lowest BCUT2D eigenvalue weighted by Crippen LogP contribution is -2.22. The highest BCUT2D eigenvalue weighted by Gasteiger charge is 2.05. The number of hydrogen-bond donors (Lipinski definition) is 2. The molecule has 2 aromatic carbocycles. The zero-order valence-corrected chi connectivity index (χ0v) is 11.7. The van der Waals surface area contributed by atoms with E-state index < -0.39 is 0 Å². The first-order valence-corrected chi connectivity index (χ1v) is 6.73. The Hall–Kier alpha value is -3.15. The number of fused-ring (bicyclic) bond motifs is 1. The number of benzene rings is 2. The first-order valence-electron chi connectivity index (χ1n) is 6.73. The molecular weight excluding hydrogens is 280 g/mol. The Bertz CT molecular complexity index is 822. The highest BCUT2D eigenvalue weighted by molar-refractivity contribution is 5.83. The molecule has 6 nitrogen and oxygen atoms in total. The molecule has 0 atom stereocenters. The highest BCUT2D eigenvalue weighted by atomic mass is 16.3. The van der Waals surface area contributed by atoms with Gasteiger partial charge in [0.1, 0.15) is 12.3 Å². The van der Waals surface area contributed by atoms with E-state index >= 15 is 0 Å². The second-order valence-corrected chi connectivity index (χ2v) is 4.75. The van der Waals surface area contributed by atoms with Gasteiger partial charge in [-0.15, -0.1) is 0 Å². The Morgan fingerprint density at radius 3 is 2.82 bits per heavy atom. The zero-order chi connectivity index (χ0) is 15.4. The van der Waals surface area contributed by atoms with Crippen LogP contribution in [0.15, 0.2) is 60.0 Å². The van der Waals surface area contributed by atoms with Gasteiger partial charge in [-0.05, 0) is 42.0 Å². The number of phenolic OH excluding ortho intramolecular Hbond substituents is 1. The van der Waals surface area contributed by atoms with Crippen LogP contribution >= 0.6 is 0 Å². The average Bonchev–Trinajstić information content (AvgIpc) is 2.93. The number of phenols is 1. The molecule has 3 aromatic rings. The molecule has 0 saturated carbocycles. The van der Waals surface area contributed by atoms with Gasteiger partial charge in [0.25, 0.3) is 5.91 Å². The van der Waals surface area contributed by atoms with Gasteiger partial charge in [0.15, 0.2) is 0 Å². The van der Waals surface area contributed by atoms with E-state index in [1.807, 2.05) is 24.3 Å². The maximum Gasteiger partial charge on any atom is 0.260 e. The molecule has 110 valence electrons. The van der Waals surface area contributed by atoms with Crippen LogP contribution in [0.3, 0.4) is 0 Å². The maximum absolute atomic E-state index is 11.9. The number of rotatable bonds is 4. The van der Waals surface area contributed by atoms with Crippen LogP contribution in [-0.2, 0) is 11.3 Å². The van der Waals surface area contributed by atoms with Gasteiger partial charge in [-0.3, -0.25) is 4.79 Å². The topological polar surface area (TPSA) is 79.5 Å². The fourth-order valence-electron chi connectivity index (χ4n) is 2.07. The Kier molecular flexibility index (Phi) is 3.82. The SMILES string of the molecule is O=C(Cn1cnc2ccccc21)N/N=C\c1ccc(O)cc1. The van der Waals surface area contributed by atoms with Crippen LogP contribution < -0.4 is 5.43 Å². The summed E-state index contributed by atoms with van der Waals surface area (Å²) < 4.78 is 1.76. The normalized spacial score (nSPS) is 11.1. The lowest BCUT2D eigenvalue weighted by atomic mass is 10.2. The number of amides is 1. The molecule has 1 amide bonds. The number of aromatic nitrogens is 2. The summed E-state index contributed by atoms with van der Waals surface area (Å²) in [6.07, 6.45) is 3.15. The van der Waals surface area contributed by atoms with E-state index in [1.165, 1.54) is 6.21 Å². The van der Waals surface area contributed by atoms with E-state index in [0.29, 0.717) is 0 Å². The number of hydrazone groups is 1. The third-order valence-corrected chi connectivity index (χ3v) is 3.14. The number of para-hydroxylation sites is 2. The number of nitrogens with one attached hydrogen (secondary N) is 1. The van der Waals surface area contributed by atoms with Gasteiger partial charge in [0, 0.05) is 0 Å². The van der Waals surface area contributed by atoms with Gasteiger partial charge in [0.05, 0.1) is 23.6 Å². The van der Waals surface area contributed by atoms with E-state index in [0.717, 1.165) is 16.6 Å². The smallest absolute Gasteiger partial charge is 0.260 e. The van der Waals surface area contributed by atoms with E-state index in [4.69, 9.17) is 0 Å². The van der Waals surface area contributed by atoms with Crippen molar-refractivity contribution < 1.29 is 9.90 Å². The summed E-state index contributed by atoms with van der Waals surface area (Å²) in [6.45, 7) is 0.146. The molecule has 0 bridgehead atoms. The van der Waals surface area contributed by atoms with Crippen LogP contribution in [0.4, 0.5) is 0 Å². The largest absolute Gasteiger partial charge is 0.508 e. The molecule has 3 rings (SSSR count). The van der Waals surface area contributed by atoms with Gasteiger partial charge in [-0.2, -0.15) is 5.10 Å². The fraction of sp³-hybridized carbons (Fsp3) is 0.0625. The summed E-state index contributed by atoms with van der Waals surface area (Å²) in [5.74, 6) is -0.0497. The molecule has 1 heterocycles. The van der Waals surface area contributed by atoms with Crippen molar-refractivity contribution in [2.75, 3.05) is 0 Å². The number of imidazole rings is 1. The molecule has 0 aliphatic rings. The van der Waals surface area contributed by atoms with Crippen LogP contribution in [0.1, 0.15) is 5.56 Å². The number of carbonyl (C=O) groups excluding carboxylic acids is 1. The molecule has 0 unspecified atom stereocenters. The van der Waals surface area contributed by atoms with Crippen molar-refractivity contribution in [2.24, 2.45) is 5.10 Å². The van der Waals surface area contributed by atoms with Crippen molar-refractivity contribution in [3.05, 3.63) is 60.4 Å². The van der Waals surface area contributed by atoms with Crippen molar-refractivity contribution >= 4 is 23.2 Å². The van der Waals surface area contributed by atoms with Gasteiger partial charge in [-0.1, -0.05) is 12.1 Å². The number of carbonyl (C=O) groups is 1. The summed E-state index contributed by atoms with van der Waals surface area (Å²) in [7, 11) is 0. The molecule has 0 spiro atoms. The second kappa shape index (κ2) is 6.09. The minimum Gasteiger partial charge on any atom is -0.508 e. The van der Waals surface area contributed by atoms with Crippen LogP contribution in [0.5, 0.6) is 5.75 Å². The lowest BCUT2D eigenvalue weighted by Gasteiger charge is -2.02. The molecule has 0 saturated heterocycles. The summed E-state index contributed by atoms with van der Waals surface area (Å²) in [5.41, 5.74) is 5.00. The molecule has 1 aromatic heterocycles. The maximum atomic E-state index is 11.9. The Morgan fingerprint density at radius 2 is 2.00 bits per heavy atom. The van der Waals surface area contributed by atoms with Gasteiger partial charge in [0.2, 0.25) is 0 Å². The monoisotopic (exact) mass is 294 g/mol. The third-order valence-electron chi connectivity index (χ3n) is 3.14. The lowest BCUT2D eigenvalue weighted by molar-refractivity contribution is -0.121. The van der Waals surface area contributed by atoms with E-state index in [9.17, 15) is 9.90 Å². The molecule has 0 radical (unpaired) electrons. The van der Waals surface area contributed by atoms with Crippen LogP contribution in [-0.4, -0.2) is 26.8 Å². The number of aromatic hydroxyl groups is 1. The van der Waals surface area contributed by atoms with Crippen molar-refractivity contribution in [2.45, 2.75) is 6.54 Å². The molecule has 6 heteroatoms. The Balaban J connectivity index is 1.62. The molecular formula is C16H14N4O2. The summed E-state index contributed by atoms with van der Waals surface area (Å²) >= 11 is 0. The predicted molar refractivity (Wildman–Crippen MR) is 83.6 cm³/mol. The van der Waals surface area contributed by atoms with Crippen molar-refractivity contribution in [3.63, 3.8) is 0 Å². The fourth-order valence-corrected chi connectivity index (χ4v) is 2.07. The summed E-state index contributed by atoms with van der Waals surface area (Å²) in [6, 6.07) is 14.1. The second-order valence-electron chi connectivity index (χ2n) is 4.75. The molecule has 22 heavy (non-hydrogen) atoms. The molecule has 0 aliphatic heterocycles. The van der Waals surface area contributed by atoms with E-state index in [1.54, 1.807) is 35.2 Å². The van der Waals surface area contributed by atoms with E-state index in [-0.39, 0.29) is 18.2 Å². The molecule has 2 N–H and O–H groups in total. The summed E-state index contributed by atoms with van der Waals surface area (Å²) in [5, 5.41) is 13.1. The standard InChI is InChI=1S/C16H14N4O2/c21-13-7-5-12(6-8-13)9-18-19-16(22)10-20-11-17-14-3-1-2-4-15(14)20/h1-9,11,21H,10H2,(H,19,22)/b18-9-. The van der Waals surface area contributed by atoms with Gasteiger partial charge >= 0.3 is 0 Å². The highest BCUT2D eigenvalue weighted by Crippen LogP contribution is 2.11. The molecule has 0 aliphatic carbocycles. The minimum absolute atomic E-state index is 0.146. The molecule has 0 fully saturated rings. The first kappa shape index (κ1) is 13.8. The van der Waals surface area contributed by atoms with Crippen LogP contribution in [0.2, 0.25) is 0 Å². The van der Waals surface area contributed by atoms with Crippen molar-refractivity contribution in [1.29, 1.82) is 0 Å². The first-order chi connectivity index (χ1) is 10.7. The quantitative estimate of drug-likeness (QED) is 0.569. The van der Waals surface area contributed by atoms with Gasteiger partial charge < -0.3 is 9.67 Å². The third kappa shape index (κ3) is 3.12.